The van der Waals surface area contributed by atoms with Gasteiger partial charge in [0.15, 0.2) is 0 Å². The highest BCUT2D eigenvalue weighted by atomic mass is 35.5. The van der Waals surface area contributed by atoms with Gasteiger partial charge in [-0.1, -0.05) is 29.8 Å². The second-order valence-electron chi connectivity index (χ2n) is 3.28. The first-order chi connectivity index (χ1) is 7.18. The van der Waals surface area contributed by atoms with Gasteiger partial charge < -0.3 is 5.73 Å². The van der Waals surface area contributed by atoms with Gasteiger partial charge in [0.2, 0.25) is 0 Å². The normalized spacial score (nSPS) is 10.3. The summed E-state index contributed by atoms with van der Waals surface area (Å²) in [5.74, 6) is 0.450. The Bertz CT molecular complexity index is 497. The van der Waals surface area contributed by atoms with Gasteiger partial charge in [-0.15, -0.1) is 10.2 Å². The Hall–Kier alpha value is -1.61. The lowest BCUT2D eigenvalue weighted by Gasteiger charge is -2.04. The fraction of sp³-hybridized carbons (Fsp3) is 0.0909. The summed E-state index contributed by atoms with van der Waals surface area (Å²) in [4.78, 5) is 0. The van der Waals surface area contributed by atoms with E-state index in [1.165, 1.54) is 0 Å². The lowest BCUT2D eigenvalue weighted by Crippen LogP contribution is -1.98. The van der Waals surface area contributed by atoms with E-state index in [0.717, 1.165) is 16.8 Å². The maximum Gasteiger partial charge on any atom is 0.149 e. The van der Waals surface area contributed by atoms with Crippen molar-refractivity contribution in [1.82, 2.24) is 10.2 Å². The van der Waals surface area contributed by atoms with Gasteiger partial charge in [-0.2, -0.15) is 0 Å². The average molecular weight is 220 g/mol. The SMILES string of the molecule is Cc1cc(-c2ccccc2Cl)nnc1N. The lowest BCUT2D eigenvalue weighted by atomic mass is 10.1. The van der Waals surface area contributed by atoms with Crippen molar-refractivity contribution in [3.63, 3.8) is 0 Å². The van der Waals surface area contributed by atoms with Crippen LogP contribution < -0.4 is 5.73 Å². The van der Waals surface area contributed by atoms with Crippen LogP contribution in [0, 0.1) is 6.92 Å². The van der Waals surface area contributed by atoms with E-state index in [9.17, 15) is 0 Å². The summed E-state index contributed by atoms with van der Waals surface area (Å²) in [5.41, 5.74) is 8.11. The molecule has 2 aromatic rings. The largest absolute Gasteiger partial charge is 0.382 e. The molecule has 0 spiro atoms. The smallest absolute Gasteiger partial charge is 0.149 e. The molecule has 1 aromatic carbocycles. The maximum atomic E-state index is 6.05. The molecule has 0 aliphatic rings. The number of nitrogen functional groups attached to an aromatic ring is 1. The minimum absolute atomic E-state index is 0.450. The predicted octanol–water partition coefficient (Wildman–Crippen LogP) is 2.69. The van der Waals surface area contributed by atoms with Crippen LogP contribution in [0.4, 0.5) is 5.82 Å². The summed E-state index contributed by atoms with van der Waals surface area (Å²) in [5, 5.41) is 8.54. The molecule has 0 fully saturated rings. The topological polar surface area (TPSA) is 51.8 Å². The molecule has 0 radical (unpaired) electrons. The van der Waals surface area contributed by atoms with Crippen LogP contribution >= 0.6 is 11.6 Å². The van der Waals surface area contributed by atoms with Crippen molar-refractivity contribution >= 4 is 17.4 Å². The summed E-state index contributed by atoms with van der Waals surface area (Å²) in [6.07, 6.45) is 0. The van der Waals surface area contributed by atoms with Crippen molar-refractivity contribution < 1.29 is 0 Å². The van der Waals surface area contributed by atoms with Crippen molar-refractivity contribution in [2.75, 3.05) is 5.73 Å². The van der Waals surface area contributed by atoms with Gasteiger partial charge in [-0.25, -0.2) is 0 Å². The number of aryl methyl sites for hydroxylation is 1. The number of halogens is 1. The quantitative estimate of drug-likeness (QED) is 0.802. The number of hydrogen-bond donors (Lipinski definition) is 1. The van der Waals surface area contributed by atoms with Crippen molar-refractivity contribution in [2.24, 2.45) is 0 Å². The fourth-order valence-corrected chi connectivity index (χ4v) is 1.53. The van der Waals surface area contributed by atoms with Crippen molar-refractivity contribution in [1.29, 1.82) is 0 Å². The van der Waals surface area contributed by atoms with Gasteiger partial charge in [0.1, 0.15) is 5.82 Å². The number of benzene rings is 1. The molecule has 2 rings (SSSR count). The Morgan fingerprint density at radius 2 is 1.93 bits per heavy atom. The van der Waals surface area contributed by atoms with E-state index in [1.807, 2.05) is 37.3 Å². The molecule has 0 amide bonds. The molecule has 2 N–H and O–H groups in total. The van der Waals surface area contributed by atoms with E-state index in [2.05, 4.69) is 10.2 Å². The molecule has 1 aromatic heterocycles. The second kappa shape index (κ2) is 3.87. The van der Waals surface area contributed by atoms with E-state index in [0.29, 0.717) is 10.8 Å². The standard InChI is InChI=1S/C11H10ClN3/c1-7-6-10(14-15-11(7)13)8-4-2-3-5-9(8)12/h2-6H,1H3,(H2,13,15). The van der Waals surface area contributed by atoms with Gasteiger partial charge in [-0.05, 0) is 24.6 Å². The van der Waals surface area contributed by atoms with Crippen molar-refractivity contribution in [3.8, 4) is 11.3 Å². The van der Waals surface area contributed by atoms with Gasteiger partial charge in [-0.3, -0.25) is 0 Å². The van der Waals surface area contributed by atoms with Crippen LogP contribution in [-0.2, 0) is 0 Å². The van der Waals surface area contributed by atoms with E-state index in [1.54, 1.807) is 0 Å². The van der Waals surface area contributed by atoms with E-state index in [4.69, 9.17) is 17.3 Å². The molecule has 15 heavy (non-hydrogen) atoms. The molecule has 0 unspecified atom stereocenters. The Morgan fingerprint density at radius 3 is 2.60 bits per heavy atom. The van der Waals surface area contributed by atoms with Crippen LogP contribution in [0.25, 0.3) is 11.3 Å². The zero-order valence-corrected chi connectivity index (χ0v) is 8.99. The third-order valence-electron chi connectivity index (χ3n) is 2.17. The maximum absolute atomic E-state index is 6.05. The lowest BCUT2D eigenvalue weighted by molar-refractivity contribution is 1.03. The highest BCUT2D eigenvalue weighted by Gasteiger charge is 2.06. The van der Waals surface area contributed by atoms with Gasteiger partial charge >= 0.3 is 0 Å². The molecular formula is C11H10ClN3. The van der Waals surface area contributed by atoms with Crippen LogP contribution in [0.5, 0.6) is 0 Å². The van der Waals surface area contributed by atoms with E-state index < -0.39 is 0 Å². The van der Waals surface area contributed by atoms with Gasteiger partial charge in [0, 0.05) is 5.56 Å². The van der Waals surface area contributed by atoms with E-state index in [-0.39, 0.29) is 0 Å². The highest BCUT2D eigenvalue weighted by molar-refractivity contribution is 6.33. The Kier molecular flexibility index (Phi) is 2.56. The first-order valence-corrected chi connectivity index (χ1v) is 4.91. The summed E-state index contributed by atoms with van der Waals surface area (Å²) in [6, 6.07) is 9.40. The monoisotopic (exact) mass is 219 g/mol. The van der Waals surface area contributed by atoms with Crippen LogP contribution in [0.1, 0.15) is 5.56 Å². The van der Waals surface area contributed by atoms with Crippen LogP contribution in [0.2, 0.25) is 5.02 Å². The minimum Gasteiger partial charge on any atom is -0.382 e. The zero-order valence-electron chi connectivity index (χ0n) is 8.24. The molecule has 0 aliphatic heterocycles. The molecular weight excluding hydrogens is 210 g/mol. The fourth-order valence-electron chi connectivity index (χ4n) is 1.30. The number of hydrogen-bond acceptors (Lipinski definition) is 3. The van der Waals surface area contributed by atoms with Crippen LogP contribution in [0.3, 0.4) is 0 Å². The van der Waals surface area contributed by atoms with Gasteiger partial charge in [0.25, 0.3) is 0 Å². The molecule has 0 saturated carbocycles. The molecule has 1 heterocycles. The molecule has 0 saturated heterocycles. The molecule has 0 aliphatic carbocycles. The number of nitrogens with zero attached hydrogens (tertiary/aromatic N) is 2. The van der Waals surface area contributed by atoms with Crippen molar-refractivity contribution in [2.45, 2.75) is 6.92 Å². The molecule has 4 heteroatoms. The second-order valence-corrected chi connectivity index (χ2v) is 3.68. The Morgan fingerprint density at radius 1 is 1.20 bits per heavy atom. The third-order valence-corrected chi connectivity index (χ3v) is 2.50. The zero-order chi connectivity index (χ0) is 10.8. The number of anilines is 1. The molecule has 0 bridgehead atoms. The number of aromatic nitrogens is 2. The van der Waals surface area contributed by atoms with E-state index >= 15 is 0 Å². The number of rotatable bonds is 1. The minimum atomic E-state index is 0.450. The Labute approximate surface area is 92.9 Å². The summed E-state index contributed by atoms with van der Waals surface area (Å²) < 4.78 is 0. The first-order valence-electron chi connectivity index (χ1n) is 4.53. The highest BCUT2D eigenvalue weighted by Crippen LogP contribution is 2.26. The summed E-state index contributed by atoms with van der Waals surface area (Å²) >= 11 is 6.05. The van der Waals surface area contributed by atoms with Crippen LogP contribution in [0.15, 0.2) is 30.3 Å². The average Bonchev–Trinajstić information content (AvgIpc) is 2.23. The third kappa shape index (κ3) is 1.92. The van der Waals surface area contributed by atoms with Crippen LogP contribution in [-0.4, -0.2) is 10.2 Å². The predicted molar refractivity (Wildman–Crippen MR) is 61.6 cm³/mol. The van der Waals surface area contributed by atoms with Crippen molar-refractivity contribution in [3.05, 3.63) is 40.9 Å². The first kappa shape index (κ1) is 9.93. The van der Waals surface area contributed by atoms with Gasteiger partial charge in [0.05, 0.1) is 10.7 Å². The summed E-state index contributed by atoms with van der Waals surface area (Å²) in [6.45, 7) is 1.89. The summed E-state index contributed by atoms with van der Waals surface area (Å²) in [7, 11) is 0. The molecule has 0 atom stereocenters. The Balaban J connectivity index is 2.55. The molecule has 76 valence electrons. The number of nitrogens with two attached hydrogens (primary N) is 1. The molecule has 3 nitrogen and oxygen atoms in total.